The van der Waals surface area contributed by atoms with Crippen molar-refractivity contribution in [2.45, 2.75) is 13.3 Å². The first-order valence-corrected chi connectivity index (χ1v) is 6.29. The molecule has 0 N–H and O–H groups in total. The minimum Gasteiger partial charge on any atom is -0.302 e. The van der Waals surface area contributed by atoms with Gasteiger partial charge in [-0.05, 0) is 24.4 Å². The van der Waals surface area contributed by atoms with Crippen molar-refractivity contribution in [3.63, 3.8) is 0 Å². The Hall–Kier alpha value is -2.03. The fourth-order valence-corrected chi connectivity index (χ4v) is 3.02. The van der Waals surface area contributed by atoms with Crippen LogP contribution in [-0.4, -0.2) is 19.0 Å². The lowest BCUT2D eigenvalue weighted by Gasteiger charge is -2.14. The Morgan fingerprint density at radius 1 is 1.78 bits per heavy atom. The number of azide groups is 1. The van der Waals surface area contributed by atoms with Gasteiger partial charge in [-0.3, -0.25) is 4.79 Å². The second-order valence-corrected chi connectivity index (χ2v) is 5.41. The Bertz CT molecular complexity index is 566. The normalized spacial score (nSPS) is 18.6. The predicted molar refractivity (Wildman–Crippen MR) is 68.2 cm³/mol. The molecule has 1 aliphatic rings. The molecule has 0 saturated carbocycles. The third-order valence-electron chi connectivity index (χ3n) is 2.81. The summed E-state index contributed by atoms with van der Waals surface area (Å²) >= 11 is 1.44. The fourth-order valence-electron chi connectivity index (χ4n) is 2.03. The Morgan fingerprint density at radius 2 is 2.56 bits per heavy atom. The van der Waals surface area contributed by atoms with Gasteiger partial charge in [-0.1, -0.05) is 5.11 Å². The van der Waals surface area contributed by atoms with Gasteiger partial charge in [-0.2, -0.15) is 5.26 Å². The second kappa shape index (κ2) is 5.08. The zero-order chi connectivity index (χ0) is 13.1. The van der Waals surface area contributed by atoms with Gasteiger partial charge in [0.25, 0.3) is 0 Å². The minimum atomic E-state index is -0.00788. The lowest BCUT2D eigenvalue weighted by Crippen LogP contribution is -2.24. The predicted octanol–water partition coefficient (Wildman–Crippen LogP) is 2.59. The summed E-state index contributed by atoms with van der Waals surface area (Å²) in [6.45, 7) is 2.75. The molecule has 2 rings (SSSR count). The average Bonchev–Trinajstić information content (AvgIpc) is 2.89. The summed E-state index contributed by atoms with van der Waals surface area (Å²) in [5, 5.41) is 13.3. The molecule has 92 valence electrons. The van der Waals surface area contributed by atoms with E-state index < -0.39 is 0 Å². The molecule has 1 atom stereocenters. The van der Waals surface area contributed by atoms with Gasteiger partial charge in [-0.15, -0.1) is 11.3 Å². The van der Waals surface area contributed by atoms with Crippen LogP contribution in [-0.2, 0) is 4.79 Å². The first-order chi connectivity index (χ1) is 8.65. The SMILES string of the molecule is Cc1cc(C#N)c(N2CC(CN=[N+]=[N-])CC2=O)s1. The Morgan fingerprint density at radius 3 is 3.22 bits per heavy atom. The highest BCUT2D eigenvalue weighted by Gasteiger charge is 2.32. The number of carbonyl (C=O) groups is 1. The Labute approximate surface area is 108 Å². The number of thiophene rings is 1. The van der Waals surface area contributed by atoms with E-state index in [0.29, 0.717) is 30.1 Å². The fraction of sp³-hybridized carbons (Fsp3) is 0.455. The van der Waals surface area contributed by atoms with Crippen molar-refractivity contribution in [3.05, 3.63) is 26.9 Å². The number of nitriles is 1. The number of amides is 1. The Kier molecular flexibility index (Phi) is 3.51. The number of carbonyl (C=O) groups excluding carboxylic acids is 1. The number of anilines is 1. The standard InChI is InChI=1S/C11H11N5OS/c1-7-2-9(4-12)11(18-7)16-6-8(3-10(16)17)5-14-15-13/h2,8H,3,5-6H2,1H3. The van der Waals surface area contributed by atoms with Crippen LogP contribution in [0.1, 0.15) is 16.9 Å². The number of rotatable bonds is 3. The molecule has 1 fully saturated rings. The van der Waals surface area contributed by atoms with Gasteiger partial charge in [0.15, 0.2) is 0 Å². The van der Waals surface area contributed by atoms with E-state index >= 15 is 0 Å². The van der Waals surface area contributed by atoms with Crippen molar-refractivity contribution < 1.29 is 4.79 Å². The number of nitrogens with zero attached hydrogens (tertiary/aromatic N) is 5. The van der Waals surface area contributed by atoms with Crippen LogP contribution >= 0.6 is 11.3 Å². The van der Waals surface area contributed by atoms with E-state index in [2.05, 4.69) is 16.1 Å². The molecular weight excluding hydrogens is 250 g/mol. The van der Waals surface area contributed by atoms with Gasteiger partial charge in [0.1, 0.15) is 11.1 Å². The average molecular weight is 261 g/mol. The molecule has 2 heterocycles. The van der Waals surface area contributed by atoms with E-state index in [-0.39, 0.29) is 11.8 Å². The van der Waals surface area contributed by atoms with Gasteiger partial charge >= 0.3 is 0 Å². The van der Waals surface area contributed by atoms with Crippen LogP contribution in [0.25, 0.3) is 10.4 Å². The molecule has 1 aromatic rings. The van der Waals surface area contributed by atoms with Crippen molar-refractivity contribution in [2.75, 3.05) is 18.0 Å². The topological polar surface area (TPSA) is 92.9 Å². The zero-order valence-corrected chi connectivity index (χ0v) is 10.6. The summed E-state index contributed by atoms with van der Waals surface area (Å²) in [7, 11) is 0. The summed E-state index contributed by atoms with van der Waals surface area (Å²) in [5.41, 5.74) is 8.82. The zero-order valence-electron chi connectivity index (χ0n) is 9.83. The second-order valence-electron chi connectivity index (χ2n) is 4.18. The highest BCUT2D eigenvalue weighted by molar-refractivity contribution is 7.16. The molecule has 1 saturated heterocycles. The highest BCUT2D eigenvalue weighted by Crippen LogP contribution is 2.34. The van der Waals surface area contributed by atoms with Gasteiger partial charge in [-0.25, -0.2) is 0 Å². The van der Waals surface area contributed by atoms with E-state index in [1.807, 2.05) is 6.92 Å². The number of aryl methyl sites for hydroxylation is 1. The summed E-state index contributed by atoms with van der Waals surface area (Å²) in [6, 6.07) is 3.89. The van der Waals surface area contributed by atoms with Gasteiger partial charge in [0.2, 0.25) is 5.91 Å². The van der Waals surface area contributed by atoms with Crippen molar-refractivity contribution in [3.8, 4) is 6.07 Å². The van der Waals surface area contributed by atoms with E-state index in [0.717, 1.165) is 4.88 Å². The molecule has 0 radical (unpaired) electrons. The van der Waals surface area contributed by atoms with Crippen LogP contribution in [0.3, 0.4) is 0 Å². The van der Waals surface area contributed by atoms with E-state index in [4.69, 9.17) is 10.8 Å². The summed E-state index contributed by atoms with van der Waals surface area (Å²) < 4.78 is 0. The van der Waals surface area contributed by atoms with Crippen LogP contribution in [0, 0.1) is 24.2 Å². The quantitative estimate of drug-likeness (QED) is 0.475. The van der Waals surface area contributed by atoms with E-state index in [1.165, 1.54) is 11.3 Å². The van der Waals surface area contributed by atoms with Gasteiger partial charge in [0.05, 0.1) is 5.56 Å². The molecule has 1 aliphatic heterocycles. The van der Waals surface area contributed by atoms with Crippen molar-refractivity contribution >= 4 is 22.2 Å². The molecule has 0 aliphatic carbocycles. The van der Waals surface area contributed by atoms with Crippen molar-refractivity contribution in [1.82, 2.24) is 0 Å². The highest BCUT2D eigenvalue weighted by atomic mass is 32.1. The maximum Gasteiger partial charge on any atom is 0.227 e. The van der Waals surface area contributed by atoms with E-state index in [1.54, 1.807) is 11.0 Å². The third-order valence-corrected chi connectivity index (χ3v) is 3.88. The monoisotopic (exact) mass is 261 g/mol. The molecule has 1 aromatic heterocycles. The van der Waals surface area contributed by atoms with Gasteiger partial charge in [0, 0.05) is 29.3 Å². The van der Waals surface area contributed by atoms with Crippen LogP contribution in [0.5, 0.6) is 0 Å². The lowest BCUT2D eigenvalue weighted by molar-refractivity contribution is -0.117. The van der Waals surface area contributed by atoms with Gasteiger partial charge < -0.3 is 4.90 Å². The minimum absolute atomic E-state index is 0.00788. The molecule has 0 bridgehead atoms. The Balaban J connectivity index is 2.21. The number of hydrogen-bond donors (Lipinski definition) is 0. The summed E-state index contributed by atoms with van der Waals surface area (Å²) in [4.78, 5) is 17.3. The van der Waals surface area contributed by atoms with Crippen LogP contribution in [0.2, 0.25) is 0 Å². The van der Waals surface area contributed by atoms with Crippen molar-refractivity contribution in [2.24, 2.45) is 11.0 Å². The maximum atomic E-state index is 11.9. The smallest absolute Gasteiger partial charge is 0.227 e. The first kappa shape index (κ1) is 12.4. The molecule has 6 nitrogen and oxygen atoms in total. The first-order valence-electron chi connectivity index (χ1n) is 5.47. The molecule has 1 amide bonds. The largest absolute Gasteiger partial charge is 0.302 e. The molecule has 1 unspecified atom stereocenters. The maximum absolute atomic E-state index is 11.9. The number of hydrogen-bond acceptors (Lipinski definition) is 4. The molecule has 7 heteroatoms. The third kappa shape index (κ3) is 2.30. The molecular formula is C11H11N5OS. The van der Waals surface area contributed by atoms with Crippen LogP contribution in [0.4, 0.5) is 5.00 Å². The summed E-state index contributed by atoms with van der Waals surface area (Å²) in [5.74, 6) is 0.0360. The summed E-state index contributed by atoms with van der Waals surface area (Å²) in [6.07, 6.45) is 0.376. The molecule has 0 spiro atoms. The molecule has 0 aromatic carbocycles. The van der Waals surface area contributed by atoms with Crippen molar-refractivity contribution in [1.29, 1.82) is 5.26 Å². The van der Waals surface area contributed by atoms with Crippen LogP contribution in [0.15, 0.2) is 11.2 Å². The lowest BCUT2D eigenvalue weighted by atomic mass is 10.1. The van der Waals surface area contributed by atoms with E-state index in [9.17, 15) is 4.79 Å². The molecule has 18 heavy (non-hydrogen) atoms. The van der Waals surface area contributed by atoms with Crippen LogP contribution < -0.4 is 4.90 Å².